The zero-order valence-electron chi connectivity index (χ0n) is 12.2. The summed E-state index contributed by atoms with van der Waals surface area (Å²) in [6, 6.07) is 5.93. The maximum Gasteiger partial charge on any atom is 0.233 e. The van der Waals surface area contributed by atoms with E-state index in [1.165, 1.54) is 0 Å². The maximum absolute atomic E-state index is 11.5. The van der Waals surface area contributed by atoms with Crippen LogP contribution in [0, 0.1) is 0 Å². The molecule has 0 saturated heterocycles. The standard InChI is InChI=1S/C15H23BrN2O2/c1-3-7-18-15(19)11-17-10-12-9-13(16)5-6-14(12)20-8-4-2/h5-6,9,17H,3-4,7-8,10-11H2,1-2H3,(H,18,19). The highest BCUT2D eigenvalue weighted by molar-refractivity contribution is 9.10. The van der Waals surface area contributed by atoms with Crippen molar-refractivity contribution in [3.63, 3.8) is 0 Å². The molecule has 0 aromatic heterocycles. The Kier molecular flexibility index (Phi) is 8.30. The second-order valence-electron chi connectivity index (χ2n) is 4.55. The smallest absolute Gasteiger partial charge is 0.233 e. The van der Waals surface area contributed by atoms with Crippen LogP contribution in [-0.4, -0.2) is 25.6 Å². The highest BCUT2D eigenvalue weighted by atomic mass is 79.9. The minimum absolute atomic E-state index is 0.0258. The fourth-order valence-electron chi connectivity index (χ4n) is 1.68. The quantitative estimate of drug-likeness (QED) is 0.725. The molecule has 0 saturated carbocycles. The molecule has 0 heterocycles. The summed E-state index contributed by atoms with van der Waals surface area (Å²) in [6.07, 6.45) is 1.93. The van der Waals surface area contributed by atoms with Crippen LogP contribution in [0.5, 0.6) is 5.75 Å². The van der Waals surface area contributed by atoms with E-state index in [9.17, 15) is 4.79 Å². The number of rotatable bonds is 9. The molecular formula is C15H23BrN2O2. The molecule has 0 atom stereocenters. The van der Waals surface area contributed by atoms with E-state index < -0.39 is 0 Å². The number of amides is 1. The molecule has 1 amide bonds. The molecule has 0 bridgehead atoms. The van der Waals surface area contributed by atoms with Crippen LogP contribution in [0.4, 0.5) is 0 Å². The van der Waals surface area contributed by atoms with Crippen molar-refractivity contribution in [3.05, 3.63) is 28.2 Å². The van der Waals surface area contributed by atoms with Crippen LogP contribution in [0.1, 0.15) is 32.3 Å². The van der Waals surface area contributed by atoms with E-state index in [4.69, 9.17) is 4.74 Å². The highest BCUT2D eigenvalue weighted by Gasteiger charge is 2.06. The lowest BCUT2D eigenvalue weighted by Gasteiger charge is -2.12. The Balaban J connectivity index is 2.49. The first kappa shape index (κ1) is 17.0. The molecule has 112 valence electrons. The maximum atomic E-state index is 11.5. The summed E-state index contributed by atoms with van der Waals surface area (Å²) in [7, 11) is 0. The summed E-state index contributed by atoms with van der Waals surface area (Å²) >= 11 is 3.46. The molecule has 2 N–H and O–H groups in total. The third-order valence-electron chi connectivity index (χ3n) is 2.66. The Morgan fingerprint density at radius 1 is 1.30 bits per heavy atom. The Morgan fingerprint density at radius 2 is 2.10 bits per heavy atom. The van der Waals surface area contributed by atoms with Crippen molar-refractivity contribution < 1.29 is 9.53 Å². The molecule has 20 heavy (non-hydrogen) atoms. The molecule has 0 spiro atoms. The van der Waals surface area contributed by atoms with Gasteiger partial charge in [0.05, 0.1) is 13.2 Å². The lowest BCUT2D eigenvalue weighted by Crippen LogP contribution is -2.34. The lowest BCUT2D eigenvalue weighted by atomic mass is 10.2. The van der Waals surface area contributed by atoms with Crippen molar-refractivity contribution in [2.75, 3.05) is 19.7 Å². The number of hydrogen-bond acceptors (Lipinski definition) is 3. The largest absolute Gasteiger partial charge is 0.493 e. The average molecular weight is 343 g/mol. The first-order chi connectivity index (χ1) is 9.67. The van der Waals surface area contributed by atoms with Crippen molar-refractivity contribution in [2.24, 2.45) is 0 Å². The van der Waals surface area contributed by atoms with Crippen LogP contribution < -0.4 is 15.4 Å². The summed E-state index contributed by atoms with van der Waals surface area (Å²) in [5.41, 5.74) is 1.05. The zero-order chi connectivity index (χ0) is 14.8. The van der Waals surface area contributed by atoms with Crippen molar-refractivity contribution in [2.45, 2.75) is 33.2 Å². The lowest BCUT2D eigenvalue weighted by molar-refractivity contribution is -0.120. The van der Waals surface area contributed by atoms with Crippen molar-refractivity contribution in [3.8, 4) is 5.75 Å². The van der Waals surface area contributed by atoms with E-state index in [2.05, 4.69) is 33.5 Å². The van der Waals surface area contributed by atoms with Gasteiger partial charge in [0.2, 0.25) is 5.91 Å². The van der Waals surface area contributed by atoms with Crippen LogP contribution in [0.3, 0.4) is 0 Å². The van der Waals surface area contributed by atoms with Gasteiger partial charge in [0.25, 0.3) is 0 Å². The van der Waals surface area contributed by atoms with Crippen LogP contribution in [0.25, 0.3) is 0 Å². The van der Waals surface area contributed by atoms with Crippen LogP contribution in [0.2, 0.25) is 0 Å². The monoisotopic (exact) mass is 342 g/mol. The molecule has 5 heteroatoms. The Labute approximate surface area is 129 Å². The molecule has 1 rings (SSSR count). The highest BCUT2D eigenvalue weighted by Crippen LogP contribution is 2.23. The van der Waals surface area contributed by atoms with Crippen molar-refractivity contribution in [1.29, 1.82) is 0 Å². The van der Waals surface area contributed by atoms with Gasteiger partial charge in [0, 0.05) is 23.1 Å². The van der Waals surface area contributed by atoms with E-state index in [1.807, 2.05) is 25.1 Å². The summed E-state index contributed by atoms with van der Waals surface area (Å²) in [4.78, 5) is 11.5. The fourth-order valence-corrected chi connectivity index (χ4v) is 2.09. The molecule has 0 radical (unpaired) electrons. The topological polar surface area (TPSA) is 50.4 Å². The Bertz CT molecular complexity index is 424. The van der Waals surface area contributed by atoms with Gasteiger partial charge in [-0.05, 0) is 31.0 Å². The van der Waals surface area contributed by atoms with Crippen molar-refractivity contribution >= 4 is 21.8 Å². The summed E-state index contributed by atoms with van der Waals surface area (Å²) in [6.45, 7) is 6.47. The Hall–Kier alpha value is -1.07. The first-order valence-electron chi connectivity index (χ1n) is 7.06. The third-order valence-corrected chi connectivity index (χ3v) is 3.15. The van der Waals surface area contributed by atoms with Gasteiger partial charge in [0.1, 0.15) is 5.75 Å². The summed E-state index contributed by atoms with van der Waals surface area (Å²) in [5.74, 6) is 0.898. The zero-order valence-corrected chi connectivity index (χ0v) is 13.8. The van der Waals surface area contributed by atoms with Gasteiger partial charge in [-0.3, -0.25) is 4.79 Å². The van der Waals surface area contributed by atoms with Crippen LogP contribution >= 0.6 is 15.9 Å². The molecule has 1 aromatic carbocycles. The molecule has 0 unspecified atom stereocenters. The molecule has 0 aliphatic carbocycles. The number of hydrogen-bond donors (Lipinski definition) is 2. The van der Waals surface area contributed by atoms with Gasteiger partial charge in [-0.25, -0.2) is 0 Å². The molecule has 0 fully saturated rings. The fraction of sp³-hybridized carbons (Fsp3) is 0.533. The second kappa shape index (κ2) is 9.77. The van der Waals surface area contributed by atoms with Gasteiger partial charge < -0.3 is 15.4 Å². The summed E-state index contributed by atoms with van der Waals surface area (Å²) < 4.78 is 6.71. The molecular weight excluding hydrogens is 320 g/mol. The third kappa shape index (κ3) is 6.39. The molecule has 1 aromatic rings. The number of benzene rings is 1. The number of halogens is 1. The van der Waals surface area contributed by atoms with E-state index in [1.54, 1.807) is 0 Å². The van der Waals surface area contributed by atoms with Crippen molar-refractivity contribution in [1.82, 2.24) is 10.6 Å². The van der Waals surface area contributed by atoms with Gasteiger partial charge in [0.15, 0.2) is 0 Å². The molecule has 0 aliphatic heterocycles. The van der Waals surface area contributed by atoms with Gasteiger partial charge in [-0.2, -0.15) is 0 Å². The normalized spacial score (nSPS) is 10.3. The van der Waals surface area contributed by atoms with E-state index in [0.717, 1.165) is 35.2 Å². The van der Waals surface area contributed by atoms with Gasteiger partial charge >= 0.3 is 0 Å². The van der Waals surface area contributed by atoms with Crippen LogP contribution in [0.15, 0.2) is 22.7 Å². The minimum Gasteiger partial charge on any atom is -0.493 e. The van der Waals surface area contributed by atoms with Gasteiger partial charge in [-0.15, -0.1) is 0 Å². The molecule has 4 nitrogen and oxygen atoms in total. The van der Waals surface area contributed by atoms with E-state index in [0.29, 0.717) is 19.7 Å². The van der Waals surface area contributed by atoms with Crippen LogP contribution in [-0.2, 0) is 11.3 Å². The number of nitrogens with one attached hydrogen (secondary N) is 2. The second-order valence-corrected chi connectivity index (χ2v) is 5.47. The Morgan fingerprint density at radius 3 is 2.80 bits per heavy atom. The summed E-state index contributed by atoms with van der Waals surface area (Å²) in [5, 5.41) is 5.98. The van der Waals surface area contributed by atoms with Gasteiger partial charge in [-0.1, -0.05) is 29.8 Å². The van der Waals surface area contributed by atoms with E-state index in [-0.39, 0.29) is 5.91 Å². The first-order valence-corrected chi connectivity index (χ1v) is 7.85. The minimum atomic E-state index is 0.0258. The number of carbonyl (C=O) groups excluding carboxylic acids is 1. The predicted molar refractivity (Wildman–Crippen MR) is 84.9 cm³/mol. The predicted octanol–water partition coefficient (Wildman–Crippen LogP) is 2.85. The number of carbonyl (C=O) groups is 1. The SMILES string of the molecule is CCCNC(=O)CNCc1cc(Br)ccc1OCCC. The average Bonchev–Trinajstić information content (AvgIpc) is 2.44. The van der Waals surface area contributed by atoms with E-state index >= 15 is 0 Å². The molecule has 0 aliphatic rings. The number of ether oxygens (including phenoxy) is 1.